The average molecular weight is 274 g/mol. The van der Waals surface area contributed by atoms with Gasteiger partial charge in [-0.15, -0.1) is 0 Å². The molecule has 2 rings (SSSR count). The highest BCUT2D eigenvalue weighted by molar-refractivity contribution is 5.79. The van der Waals surface area contributed by atoms with Gasteiger partial charge in [-0.25, -0.2) is 0 Å². The van der Waals surface area contributed by atoms with Gasteiger partial charge in [-0.1, -0.05) is 18.2 Å². The topological polar surface area (TPSA) is 32.3 Å². The third kappa shape index (κ3) is 3.60. The molecule has 1 aliphatic rings. The zero-order chi connectivity index (χ0) is 14.7. The first kappa shape index (κ1) is 15.0. The van der Waals surface area contributed by atoms with Gasteiger partial charge in [0.05, 0.1) is 12.0 Å². The van der Waals surface area contributed by atoms with Crippen molar-refractivity contribution in [3.63, 3.8) is 0 Å². The van der Waals surface area contributed by atoms with Gasteiger partial charge in [0.25, 0.3) is 0 Å². The van der Waals surface area contributed by atoms with Crippen molar-refractivity contribution in [3.05, 3.63) is 34.9 Å². The molecule has 20 heavy (non-hydrogen) atoms. The Morgan fingerprint density at radius 3 is 2.75 bits per heavy atom. The summed E-state index contributed by atoms with van der Waals surface area (Å²) in [5.41, 5.74) is 3.76. The lowest BCUT2D eigenvalue weighted by Gasteiger charge is -2.29. The fourth-order valence-corrected chi connectivity index (χ4v) is 2.83. The van der Waals surface area contributed by atoms with Crippen LogP contribution in [0.5, 0.6) is 0 Å². The molecule has 1 saturated heterocycles. The van der Waals surface area contributed by atoms with Crippen molar-refractivity contribution in [1.29, 1.82) is 0 Å². The van der Waals surface area contributed by atoms with E-state index < -0.39 is 0 Å². The highest BCUT2D eigenvalue weighted by Gasteiger charge is 2.25. The second-order valence-corrected chi connectivity index (χ2v) is 6.18. The Labute approximate surface area is 122 Å². The minimum absolute atomic E-state index is 0.0778. The lowest BCUT2D eigenvalue weighted by molar-refractivity contribution is -0.127. The molecule has 0 bridgehead atoms. The molecule has 0 saturated carbocycles. The Hall–Kier alpha value is -1.35. The first-order valence-electron chi connectivity index (χ1n) is 7.53. The van der Waals surface area contributed by atoms with E-state index in [9.17, 15) is 4.79 Å². The predicted molar refractivity (Wildman–Crippen MR) is 82.7 cm³/mol. The van der Waals surface area contributed by atoms with Crippen LogP contribution in [0, 0.1) is 19.8 Å². The molecule has 1 aliphatic heterocycles. The number of hydrogen-bond donors (Lipinski definition) is 1. The van der Waals surface area contributed by atoms with Crippen LogP contribution in [0.4, 0.5) is 0 Å². The van der Waals surface area contributed by atoms with Crippen LogP contribution < -0.4 is 5.32 Å². The molecular weight excluding hydrogens is 248 g/mol. The Morgan fingerprint density at radius 1 is 1.35 bits per heavy atom. The van der Waals surface area contributed by atoms with Crippen LogP contribution in [0.15, 0.2) is 18.2 Å². The number of benzene rings is 1. The van der Waals surface area contributed by atoms with E-state index in [2.05, 4.69) is 56.2 Å². The minimum Gasteiger partial charge on any atom is -0.349 e. The summed E-state index contributed by atoms with van der Waals surface area (Å²) < 4.78 is 0. The van der Waals surface area contributed by atoms with Crippen molar-refractivity contribution in [3.8, 4) is 0 Å². The third-order valence-corrected chi connectivity index (χ3v) is 4.39. The monoisotopic (exact) mass is 274 g/mol. The van der Waals surface area contributed by atoms with Gasteiger partial charge in [-0.2, -0.15) is 0 Å². The summed E-state index contributed by atoms with van der Waals surface area (Å²) in [6, 6.07) is 6.49. The Morgan fingerprint density at radius 2 is 2.10 bits per heavy atom. The van der Waals surface area contributed by atoms with Gasteiger partial charge >= 0.3 is 0 Å². The zero-order valence-electron chi connectivity index (χ0n) is 13.1. The maximum absolute atomic E-state index is 12.3. The summed E-state index contributed by atoms with van der Waals surface area (Å²) in [5, 5.41) is 3.17. The number of piperidine rings is 1. The van der Waals surface area contributed by atoms with E-state index in [1.165, 1.54) is 16.7 Å². The molecule has 0 radical (unpaired) electrons. The maximum atomic E-state index is 12.3. The summed E-state index contributed by atoms with van der Waals surface area (Å²) in [6.07, 6.45) is 2.13. The SMILES string of the molecule is Cc1ccc([C@H](C)NC(=O)[C@@H]2CCCN(C)C2)cc1C. The molecule has 1 N–H and O–H groups in total. The van der Waals surface area contributed by atoms with E-state index in [1.54, 1.807) is 0 Å². The molecular formula is C17H26N2O. The van der Waals surface area contributed by atoms with Crippen LogP contribution in [0.1, 0.15) is 42.5 Å². The summed E-state index contributed by atoms with van der Waals surface area (Å²) in [7, 11) is 2.09. The molecule has 110 valence electrons. The second kappa shape index (κ2) is 6.40. The number of carbonyl (C=O) groups is 1. The van der Waals surface area contributed by atoms with Crippen LogP contribution in [-0.2, 0) is 4.79 Å². The van der Waals surface area contributed by atoms with Crippen molar-refractivity contribution in [2.24, 2.45) is 5.92 Å². The molecule has 2 atom stereocenters. The van der Waals surface area contributed by atoms with Gasteiger partial charge in [0.2, 0.25) is 5.91 Å². The quantitative estimate of drug-likeness (QED) is 0.919. The van der Waals surface area contributed by atoms with Gasteiger partial charge < -0.3 is 10.2 Å². The predicted octanol–water partition coefficient (Wildman–Crippen LogP) is 2.82. The Bertz CT molecular complexity index is 484. The van der Waals surface area contributed by atoms with Crippen molar-refractivity contribution >= 4 is 5.91 Å². The number of likely N-dealkylation sites (tertiary alicyclic amines) is 1. The first-order valence-corrected chi connectivity index (χ1v) is 7.53. The molecule has 1 amide bonds. The van der Waals surface area contributed by atoms with E-state index in [-0.39, 0.29) is 17.9 Å². The normalized spacial score (nSPS) is 21.5. The van der Waals surface area contributed by atoms with Crippen molar-refractivity contribution < 1.29 is 4.79 Å². The summed E-state index contributed by atoms with van der Waals surface area (Å²) in [5.74, 6) is 0.338. The van der Waals surface area contributed by atoms with Crippen molar-refractivity contribution in [1.82, 2.24) is 10.2 Å². The summed E-state index contributed by atoms with van der Waals surface area (Å²) >= 11 is 0. The molecule has 0 unspecified atom stereocenters. The largest absolute Gasteiger partial charge is 0.349 e. The smallest absolute Gasteiger partial charge is 0.224 e. The minimum atomic E-state index is 0.0778. The number of carbonyl (C=O) groups excluding carboxylic acids is 1. The van der Waals surface area contributed by atoms with Gasteiger partial charge in [0.15, 0.2) is 0 Å². The zero-order valence-corrected chi connectivity index (χ0v) is 13.1. The number of amides is 1. The lowest BCUT2D eigenvalue weighted by Crippen LogP contribution is -2.42. The molecule has 1 aromatic rings. The summed E-state index contributed by atoms with van der Waals surface area (Å²) in [4.78, 5) is 14.6. The number of hydrogen-bond acceptors (Lipinski definition) is 2. The number of rotatable bonds is 3. The highest BCUT2D eigenvalue weighted by Crippen LogP contribution is 2.19. The molecule has 1 heterocycles. The number of nitrogens with zero attached hydrogens (tertiary/aromatic N) is 1. The van der Waals surface area contributed by atoms with Crippen molar-refractivity contribution in [2.45, 2.75) is 39.7 Å². The standard InChI is InChI=1S/C17H26N2O/c1-12-7-8-15(10-13(12)2)14(3)18-17(20)16-6-5-9-19(4)11-16/h7-8,10,14,16H,5-6,9,11H2,1-4H3,(H,18,20)/t14-,16+/m0/s1. The molecule has 1 fully saturated rings. The summed E-state index contributed by atoms with van der Waals surface area (Å²) in [6.45, 7) is 8.28. The van der Waals surface area contributed by atoms with E-state index >= 15 is 0 Å². The van der Waals surface area contributed by atoms with E-state index in [0.717, 1.165) is 25.9 Å². The van der Waals surface area contributed by atoms with E-state index in [4.69, 9.17) is 0 Å². The first-order chi connectivity index (χ1) is 9.47. The Kier molecular flexibility index (Phi) is 4.81. The average Bonchev–Trinajstić information content (AvgIpc) is 2.41. The lowest BCUT2D eigenvalue weighted by atomic mass is 9.96. The molecule has 0 aliphatic carbocycles. The van der Waals surface area contributed by atoms with E-state index in [0.29, 0.717) is 0 Å². The van der Waals surface area contributed by atoms with Gasteiger partial charge in [0, 0.05) is 6.54 Å². The fourth-order valence-electron chi connectivity index (χ4n) is 2.83. The van der Waals surface area contributed by atoms with Crippen LogP contribution >= 0.6 is 0 Å². The maximum Gasteiger partial charge on any atom is 0.224 e. The van der Waals surface area contributed by atoms with Gasteiger partial charge in [0.1, 0.15) is 0 Å². The molecule has 0 spiro atoms. The molecule has 3 nitrogen and oxygen atoms in total. The number of aryl methyl sites for hydroxylation is 2. The second-order valence-electron chi connectivity index (χ2n) is 6.18. The molecule has 3 heteroatoms. The number of nitrogens with one attached hydrogen (secondary N) is 1. The third-order valence-electron chi connectivity index (χ3n) is 4.39. The van der Waals surface area contributed by atoms with Crippen LogP contribution in [0.2, 0.25) is 0 Å². The van der Waals surface area contributed by atoms with Crippen LogP contribution in [-0.4, -0.2) is 30.9 Å². The fraction of sp³-hybridized carbons (Fsp3) is 0.588. The van der Waals surface area contributed by atoms with Crippen LogP contribution in [0.25, 0.3) is 0 Å². The highest BCUT2D eigenvalue weighted by atomic mass is 16.2. The van der Waals surface area contributed by atoms with Crippen LogP contribution in [0.3, 0.4) is 0 Å². The molecule has 1 aromatic carbocycles. The van der Waals surface area contributed by atoms with Gasteiger partial charge in [-0.3, -0.25) is 4.79 Å². The Balaban J connectivity index is 1.97. The molecule has 0 aromatic heterocycles. The van der Waals surface area contributed by atoms with E-state index in [1.807, 2.05) is 0 Å². The van der Waals surface area contributed by atoms with Gasteiger partial charge in [-0.05, 0) is 63.9 Å². The van der Waals surface area contributed by atoms with Crippen molar-refractivity contribution in [2.75, 3.05) is 20.1 Å².